The van der Waals surface area contributed by atoms with Gasteiger partial charge in [-0.05, 0) is 30.9 Å². The van der Waals surface area contributed by atoms with Gasteiger partial charge in [0.2, 0.25) is 0 Å². The van der Waals surface area contributed by atoms with Crippen molar-refractivity contribution in [1.82, 2.24) is 0 Å². The van der Waals surface area contributed by atoms with Gasteiger partial charge < -0.3 is 9.84 Å². The molecule has 0 saturated carbocycles. The molecule has 1 unspecified atom stereocenters. The molecule has 2 nitrogen and oxygen atoms in total. The SMILES string of the molecule is CCCC(O)(COc1ccc(C)cc1)C(C)(C)C. The van der Waals surface area contributed by atoms with Crippen LogP contribution in [0.2, 0.25) is 0 Å². The van der Waals surface area contributed by atoms with Gasteiger partial charge in [0.1, 0.15) is 18.0 Å². The van der Waals surface area contributed by atoms with E-state index >= 15 is 0 Å². The predicted molar refractivity (Wildman–Crippen MR) is 76.0 cm³/mol. The summed E-state index contributed by atoms with van der Waals surface area (Å²) in [6, 6.07) is 7.94. The number of ether oxygens (including phenoxy) is 1. The Balaban J connectivity index is 2.71. The standard InChI is InChI=1S/C16H26O2/c1-6-11-16(17,15(3,4)5)12-18-14-9-7-13(2)8-10-14/h7-10,17H,6,11-12H2,1-5H3. The summed E-state index contributed by atoms with van der Waals surface area (Å²) in [5.74, 6) is 0.819. The van der Waals surface area contributed by atoms with Gasteiger partial charge in [0.05, 0.1) is 0 Å². The van der Waals surface area contributed by atoms with E-state index in [1.807, 2.05) is 31.2 Å². The first-order chi connectivity index (χ1) is 8.28. The largest absolute Gasteiger partial charge is 0.491 e. The highest BCUT2D eigenvalue weighted by atomic mass is 16.5. The van der Waals surface area contributed by atoms with Gasteiger partial charge in [-0.15, -0.1) is 0 Å². The molecule has 1 N–H and O–H groups in total. The van der Waals surface area contributed by atoms with Crippen molar-refractivity contribution < 1.29 is 9.84 Å². The highest BCUT2D eigenvalue weighted by Crippen LogP contribution is 2.34. The molecule has 0 radical (unpaired) electrons. The quantitative estimate of drug-likeness (QED) is 0.857. The van der Waals surface area contributed by atoms with Crippen LogP contribution in [0.3, 0.4) is 0 Å². The molecule has 0 aliphatic rings. The Morgan fingerprint density at radius 1 is 1.11 bits per heavy atom. The Morgan fingerprint density at radius 2 is 1.67 bits per heavy atom. The van der Waals surface area contributed by atoms with Crippen LogP contribution in [0.5, 0.6) is 5.75 Å². The van der Waals surface area contributed by atoms with Crippen molar-refractivity contribution in [2.75, 3.05) is 6.61 Å². The number of aliphatic hydroxyl groups is 1. The third-order valence-electron chi connectivity index (χ3n) is 3.56. The smallest absolute Gasteiger partial charge is 0.119 e. The molecule has 0 saturated heterocycles. The Bertz CT molecular complexity index is 362. The van der Waals surface area contributed by atoms with Gasteiger partial charge in [-0.3, -0.25) is 0 Å². The van der Waals surface area contributed by atoms with Crippen LogP contribution in [0.25, 0.3) is 0 Å². The molecule has 2 heteroatoms. The molecule has 1 rings (SSSR count). The van der Waals surface area contributed by atoms with Gasteiger partial charge >= 0.3 is 0 Å². The maximum Gasteiger partial charge on any atom is 0.119 e. The van der Waals surface area contributed by atoms with Crippen LogP contribution < -0.4 is 4.74 Å². The number of hydrogen-bond acceptors (Lipinski definition) is 2. The average Bonchev–Trinajstić information content (AvgIpc) is 2.27. The van der Waals surface area contributed by atoms with E-state index in [-0.39, 0.29) is 5.41 Å². The van der Waals surface area contributed by atoms with Gasteiger partial charge in [-0.2, -0.15) is 0 Å². The lowest BCUT2D eigenvalue weighted by atomic mass is 9.74. The van der Waals surface area contributed by atoms with Gasteiger partial charge in [0, 0.05) is 0 Å². The van der Waals surface area contributed by atoms with E-state index in [2.05, 4.69) is 27.7 Å². The number of benzene rings is 1. The maximum absolute atomic E-state index is 10.7. The van der Waals surface area contributed by atoms with Crippen LogP contribution >= 0.6 is 0 Å². The van der Waals surface area contributed by atoms with Crippen molar-refractivity contribution >= 4 is 0 Å². The summed E-state index contributed by atoms with van der Waals surface area (Å²) < 4.78 is 5.76. The Kier molecular flexibility index (Phi) is 4.80. The van der Waals surface area contributed by atoms with Crippen LogP contribution in [0.1, 0.15) is 46.1 Å². The minimum absolute atomic E-state index is 0.187. The molecule has 0 bridgehead atoms. The summed E-state index contributed by atoms with van der Waals surface area (Å²) in [4.78, 5) is 0. The summed E-state index contributed by atoms with van der Waals surface area (Å²) in [7, 11) is 0. The maximum atomic E-state index is 10.7. The van der Waals surface area contributed by atoms with Gasteiger partial charge in [0.15, 0.2) is 0 Å². The van der Waals surface area contributed by atoms with E-state index < -0.39 is 5.60 Å². The summed E-state index contributed by atoms with van der Waals surface area (Å²) >= 11 is 0. The summed E-state index contributed by atoms with van der Waals surface area (Å²) in [6.45, 7) is 10.6. The van der Waals surface area contributed by atoms with Gasteiger partial charge in [-0.1, -0.05) is 51.8 Å². The Labute approximate surface area is 111 Å². The van der Waals surface area contributed by atoms with Gasteiger partial charge in [0.25, 0.3) is 0 Å². The molecule has 1 aromatic rings. The zero-order chi connectivity index (χ0) is 13.8. The first-order valence-corrected chi connectivity index (χ1v) is 6.70. The molecule has 102 valence electrons. The first-order valence-electron chi connectivity index (χ1n) is 6.70. The number of hydrogen-bond donors (Lipinski definition) is 1. The lowest BCUT2D eigenvalue weighted by molar-refractivity contribution is -0.0937. The summed E-state index contributed by atoms with van der Waals surface area (Å²) in [6.07, 6.45) is 1.70. The Morgan fingerprint density at radius 3 is 2.11 bits per heavy atom. The second-order valence-electron chi connectivity index (χ2n) is 6.13. The lowest BCUT2D eigenvalue weighted by Gasteiger charge is -2.40. The fourth-order valence-corrected chi connectivity index (χ4v) is 1.91. The minimum Gasteiger partial charge on any atom is -0.491 e. The van der Waals surface area contributed by atoms with Crippen molar-refractivity contribution in [2.45, 2.75) is 53.1 Å². The zero-order valence-electron chi connectivity index (χ0n) is 12.3. The fraction of sp³-hybridized carbons (Fsp3) is 0.625. The van der Waals surface area contributed by atoms with Crippen molar-refractivity contribution in [2.24, 2.45) is 5.41 Å². The van der Waals surface area contributed by atoms with Gasteiger partial charge in [-0.25, -0.2) is 0 Å². The number of aryl methyl sites for hydroxylation is 1. The molecule has 1 aromatic carbocycles. The van der Waals surface area contributed by atoms with E-state index in [1.54, 1.807) is 0 Å². The fourth-order valence-electron chi connectivity index (χ4n) is 1.91. The first kappa shape index (κ1) is 15.0. The minimum atomic E-state index is -0.785. The van der Waals surface area contributed by atoms with Crippen LogP contribution in [-0.4, -0.2) is 17.3 Å². The molecule has 0 aliphatic carbocycles. The van der Waals surface area contributed by atoms with E-state index in [9.17, 15) is 5.11 Å². The third-order valence-corrected chi connectivity index (χ3v) is 3.56. The molecule has 0 aromatic heterocycles. The second kappa shape index (κ2) is 5.75. The van der Waals surface area contributed by atoms with E-state index in [0.717, 1.165) is 18.6 Å². The second-order valence-corrected chi connectivity index (χ2v) is 6.13. The number of rotatable bonds is 5. The zero-order valence-corrected chi connectivity index (χ0v) is 12.3. The highest BCUT2D eigenvalue weighted by molar-refractivity contribution is 5.26. The Hall–Kier alpha value is -1.02. The van der Waals surface area contributed by atoms with Crippen molar-refractivity contribution in [3.8, 4) is 5.75 Å². The average molecular weight is 250 g/mol. The van der Waals surface area contributed by atoms with Crippen molar-refractivity contribution in [3.05, 3.63) is 29.8 Å². The molecule has 0 spiro atoms. The third kappa shape index (κ3) is 3.74. The molecule has 1 atom stereocenters. The molecule has 0 amide bonds. The van der Waals surface area contributed by atoms with Crippen molar-refractivity contribution in [3.63, 3.8) is 0 Å². The van der Waals surface area contributed by atoms with Crippen LogP contribution in [0, 0.1) is 12.3 Å². The molecular formula is C16H26O2. The molecular weight excluding hydrogens is 224 g/mol. The lowest BCUT2D eigenvalue weighted by Crippen LogP contribution is -2.47. The predicted octanol–water partition coefficient (Wildman–Crippen LogP) is 3.95. The van der Waals surface area contributed by atoms with E-state index in [4.69, 9.17) is 4.74 Å². The van der Waals surface area contributed by atoms with Crippen LogP contribution in [-0.2, 0) is 0 Å². The highest BCUT2D eigenvalue weighted by Gasteiger charge is 2.39. The summed E-state index contributed by atoms with van der Waals surface area (Å²) in [5, 5.41) is 10.7. The summed E-state index contributed by atoms with van der Waals surface area (Å²) in [5.41, 5.74) is 0.238. The van der Waals surface area contributed by atoms with Crippen LogP contribution in [0.15, 0.2) is 24.3 Å². The van der Waals surface area contributed by atoms with E-state index in [1.165, 1.54) is 5.56 Å². The molecule has 0 aliphatic heterocycles. The van der Waals surface area contributed by atoms with E-state index in [0.29, 0.717) is 6.61 Å². The molecule has 18 heavy (non-hydrogen) atoms. The normalized spacial score (nSPS) is 15.2. The van der Waals surface area contributed by atoms with Crippen LogP contribution in [0.4, 0.5) is 0 Å². The monoisotopic (exact) mass is 250 g/mol. The molecule has 0 heterocycles. The topological polar surface area (TPSA) is 29.5 Å². The molecule has 0 fully saturated rings. The van der Waals surface area contributed by atoms with Crippen molar-refractivity contribution in [1.29, 1.82) is 0 Å².